The predicted octanol–water partition coefficient (Wildman–Crippen LogP) is -0.144. The maximum atomic E-state index is 12.1. The van der Waals surface area contributed by atoms with Crippen molar-refractivity contribution >= 4 is 17.7 Å². The Hall–Kier alpha value is -0.260. The molecule has 0 aromatic rings. The molecule has 3 aliphatic heterocycles. The summed E-state index contributed by atoms with van der Waals surface area (Å²) in [5, 5.41) is 3.17. The Morgan fingerprint density at radius 2 is 1.94 bits per heavy atom. The standard InChI is InChI=1S/C12H21N3OS/c16-12(10-7-13-8-10)15-4-2-14(3-5-15)11-1-6-17-9-11/h10-11,13H,1-9H2/t11-/m0/s1. The van der Waals surface area contributed by atoms with E-state index in [1.807, 2.05) is 0 Å². The summed E-state index contributed by atoms with van der Waals surface area (Å²) in [6.45, 7) is 5.82. The SMILES string of the molecule is O=C(C1CNC1)N1CCN([C@H]2CCSC2)CC1. The Bertz CT molecular complexity index is 281. The number of nitrogens with one attached hydrogen (secondary N) is 1. The molecule has 4 nitrogen and oxygen atoms in total. The largest absolute Gasteiger partial charge is 0.340 e. The summed E-state index contributed by atoms with van der Waals surface area (Å²) in [5.74, 6) is 3.26. The van der Waals surface area contributed by atoms with Gasteiger partial charge in [-0.2, -0.15) is 11.8 Å². The molecule has 3 rings (SSSR count). The molecule has 3 fully saturated rings. The molecule has 0 radical (unpaired) electrons. The monoisotopic (exact) mass is 255 g/mol. The smallest absolute Gasteiger partial charge is 0.228 e. The molecule has 0 unspecified atom stereocenters. The van der Waals surface area contributed by atoms with E-state index in [0.29, 0.717) is 5.91 Å². The second-order valence-corrected chi connectivity index (χ2v) is 6.38. The van der Waals surface area contributed by atoms with Crippen molar-refractivity contribution in [2.75, 3.05) is 50.8 Å². The lowest BCUT2D eigenvalue weighted by Gasteiger charge is -2.40. The maximum absolute atomic E-state index is 12.1. The summed E-state index contributed by atoms with van der Waals surface area (Å²) in [4.78, 5) is 16.7. The fourth-order valence-electron chi connectivity index (χ4n) is 2.84. The highest BCUT2D eigenvalue weighted by atomic mass is 32.2. The van der Waals surface area contributed by atoms with Crippen LogP contribution >= 0.6 is 11.8 Å². The van der Waals surface area contributed by atoms with Crippen LogP contribution in [0, 0.1) is 5.92 Å². The maximum Gasteiger partial charge on any atom is 0.228 e. The quantitative estimate of drug-likeness (QED) is 0.745. The summed E-state index contributed by atoms with van der Waals surface area (Å²) in [7, 11) is 0. The predicted molar refractivity (Wildman–Crippen MR) is 70.2 cm³/mol. The summed E-state index contributed by atoms with van der Waals surface area (Å²) in [6.07, 6.45) is 1.34. The highest BCUT2D eigenvalue weighted by molar-refractivity contribution is 7.99. The number of carbonyl (C=O) groups is 1. The third-order valence-electron chi connectivity index (χ3n) is 4.18. The molecule has 0 aromatic heterocycles. The second kappa shape index (κ2) is 5.16. The summed E-state index contributed by atoms with van der Waals surface area (Å²) < 4.78 is 0. The molecule has 3 aliphatic rings. The van der Waals surface area contributed by atoms with Crippen LogP contribution in [0.2, 0.25) is 0 Å². The summed E-state index contributed by atoms with van der Waals surface area (Å²) in [5.41, 5.74) is 0. The minimum Gasteiger partial charge on any atom is -0.340 e. The van der Waals surface area contributed by atoms with Crippen LogP contribution < -0.4 is 5.32 Å². The molecule has 3 heterocycles. The molecule has 17 heavy (non-hydrogen) atoms. The third-order valence-corrected chi connectivity index (χ3v) is 5.32. The molecule has 1 atom stereocenters. The zero-order valence-corrected chi connectivity index (χ0v) is 11.0. The zero-order chi connectivity index (χ0) is 11.7. The van der Waals surface area contributed by atoms with Crippen molar-refractivity contribution in [2.45, 2.75) is 12.5 Å². The first-order valence-electron chi connectivity index (χ1n) is 6.66. The average molecular weight is 255 g/mol. The van der Waals surface area contributed by atoms with Crippen molar-refractivity contribution < 1.29 is 4.79 Å². The van der Waals surface area contributed by atoms with Crippen molar-refractivity contribution in [3.63, 3.8) is 0 Å². The van der Waals surface area contributed by atoms with E-state index in [4.69, 9.17) is 0 Å². The number of amides is 1. The van der Waals surface area contributed by atoms with Gasteiger partial charge < -0.3 is 10.2 Å². The molecule has 5 heteroatoms. The number of carbonyl (C=O) groups excluding carboxylic acids is 1. The Balaban J connectivity index is 1.47. The van der Waals surface area contributed by atoms with E-state index in [9.17, 15) is 4.79 Å². The van der Waals surface area contributed by atoms with E-state index in [-0.39, 0.29) is 5.92 Å². The number of thioether (sulfide) groups is 1. The van der Waals surface area contributed by atoms with Gasteiger partial charge >= 0.3 is 0 Å². The average Bonchev–Trinajstić information content (AvgIpc) is 2.80. The molecule has 1 amide bonds. The lowest BCUT2D eigenvalue weighted by atomic mass is 10.0. The first-order valence-corrected chi connectivity index (χ1v) is 7.81. The van der Waals surface area contributed by atoms with Crippen molar-refractivity contribution in [1.29, 1.82) is 0 Å². The van der Waals surface area contributed by atoms with Gasteiger partial charge in [0.1, 0.15) is 0 Å². The topological polar surface area (TPSA) is 35.6 Å². The minimum absolute atomic E-state index is 0.267. The van der Waals surface area contributed by atoms with Gasteiger partial charge in [0.15, 0.2) is 0 Å². The van der Waals surface area contributed by atoms with E-state index in [0.717, 1.165) is 45.3 Å². The number of rotatable bonds is 2. The molecule has 0 aliphatic carbocycles. The van der Waals surface area contributed by atoms with E-state index in [1.165, 1.54) is 17.9 Å². The van der Waals surface area contributed by atoms with Crippen LogP contribution in [-0.4, -0.2) is 72.5 Å². The van der Waals surface area contributed by atoms with E-state index < -0.39 is 0 Å². The first kappa shape index (κ1) is 11.8. The van der Waals surface area contributed by atoms with E-state index in [1.54, 1.807) is 0 Å². The van der Waals surface area contributed by atoms with Crippen LogP contribution in [0.25, 0.3) is 0 Å². The van der Waals surface area contributed by atoms with Gasteiger partial charge in [-0.15, -0.1) is 0 Å². The molecule has 0 aromatic carbocycles. The van der Waals surface area contributed by atoms with Crippen LogP contribution in [0.3, 0.4) is 0 Å². The number of hydrogen-bond donors (Lipinski definition) is 1. The fourth-order valence-corrected chi connectivity index (χ4v) is 4.09. The van der Waals surface area contributed by atoms with Gasteiger partial charge in [-0.25, -0.2) is 0 Å². The lowest BCUT2D eigenvalue weighted by molar-refractivity contribution is -0.139. The second-order valence-electron chi connectivity index (χ2n) is 5.23. The van der Waals surface area contributed by atoms with Crippen molar-refractivity contribution in [3.05, 3.63) is 0 Å². The van der Waals surface area contributed by atoms with Crippen molar-refractivity contribution in [2.24, 2.45) is 5.92 Å². The molecule has 96 valence electrons. The van der Waals surface area contributed by atoms with Gasteiger partial charge in [-0.1, -0.05) is 0 Å². The van der Waals surface area contributed by atoms with Gasteiger partial charge in [0.2, 0.25) is 5.91 Å². The Morgan fingerprint density at radius 1 is 1.18 bits per heavy atom. The van der Waals surface area contributed by atoms with Gasteiger partial charge in [0.25, 0.3) is 0 Å². The Morgan fingerprint density at radius 3 is 2.47 bits per heavy atom. The normalized spacial score (nSPS) is 31.5. The van der Waals surface area contributed by atoms with Crippen LogP contribution in [0.15, 0.2) is 0 Å². The third kappa shape index (κ3) is 2.46. The van der Waals surface area contributed by atoms with Crippen molar-refractivity contribution in [1.82, 2.24) is 15.1 Å². The van der Waals surface area contributed by atoms with Crippen LogP contribution in [0.5, 0.6) is 0 Å². The van der Waals surface area contributed by atoms with Crippen LogP contribution in [0.4, 0.5) is 0 Å². The van der Waals surface area contributed by atoms with Gasteiger partial charge in [-0.3, -0.25) is 9.69 Å². The number of piperazine rings is 1. The highest BCUT2D eigenvalue weighted by Gasteiger charge is 2.32. The summed E-state index contributed by atoms with van der Waals surface area (Å²) in [6, 6.07) is 0.780. The molecule has 1 N–H and O–H groups in total. The molecule has 3 saturated heterocycles. The van der Waals surface area contributed by atoms with Gasteiger partial charge in [0.05, 0.1) is 5.92 Å². The molecular weight excluding hydrogens is 234 g/mol. The fraction of sp³-hybridized carbons (Fsp3) is 0.917. The molecular formula is C12H21N3OS. The number of hydrogen-bond acceptors (Lipinski definition) is 4. The Labute approximate surface area is 107 Å². The Kier molecular flexibility index (Phi) is 3.59. The molecule has 0 bridgehead atoms. The van der Waals surface area contributed by atoms with Crippen LogP contribution in [-0.2, 0) is 4.79 Å². The van der Waals surface area contributed by atoms with Crippen LogP contribution in [0.1, 0.15) is 6.42 Å². The van der Waals surface area contributed by atoms with Gasteiger partial charge in [0, 0.05) is 51.1 Å². The van der Waals surface area contributed by atoms with Crippen molar-refractivity contribution in [3.8, 4) is 0 Å². The molecule has 0 saturated carbocycles. The van der Waals surface area contributed by atoms with E-state index in [2.05, 4.69) is 26.9 Å². The first-order chi connectivity index (χ1) is 8.34. The molecule has 0 spiro atoms. The lowest BCUT2D eigenvalue weighted by Crippen LogP contribution is -2.57. The minimum atomic E-state index is 0.267. The van der Waals surface area contributed by atoms with Gasteiger partial charge in [-0.05, 0) is 12.2 Å². The highest BCUT2D eigenvalue weighted by Crippen LogP contribution is 2.23. The van der Waals surface area contributed by atoms with E-state index >= 15 is 0 Å². The number of nitrogens with zero attached hydrogens (tertiary/aromatic N) is 2. The summed E-state index contributed by atoms with van der Waals surface area (Å²) >= 11 is 2.07. The zero-order valence-electron chi connectivity index (χ0n) is 10.2.